The summed E-state index contributed by atoms with van der Waals surface area (Å²) in [6.45, 7) is 5.13. The van der Waals surface area contributed by atoms with E-state index in [1.54, 1.807) is 17.1 Å². The van der Waals surface area contributed by atoms with Crippen LogP contribution in [0.3, 0.4) is 0 Å². The Kier molecular flexibility index (Phi) is 5.18. The predicted octanol–water partition coefficient (Wildman–Crippen LogP) is 3.95. The van der Waals surface area contributed by atoms with Crippen LogP contribution in [0.15, 0.2) is 84.8 Å². The van der Waals surface area contributed by atoms with E-state index in [-0.39, 0.29) is 11.9 Å². The van der Waals surface area contributed by atoms with Crippen molar-refractivity contribution in [2.75, 3.05) is 18.8 Å². The molecule has 41 heavy (non-hydrogen) atoms. The molecule has 2 fully saturated rings. The van der Waals surface area contributed by atoms with Gasteiger partial charge in [0.05, 0.1) is 11.6 Å². The van der Waals surface area contributed by atoms with Crippen molar-refractivity contribution in [1.29, 1.82) is 0 Å². The van der Waals surface area contributed by atoms with Crippen molar-refractivity contribution in [3.05, 3.63) is 90.9 Å². The Bertz CT molecular complexity index is 1870. The molecule has 4 aromatic heterocycles. The molecule has 3 atom stereocenters. The standard InChI is InChI=1S/C31H27N9O/c1-2-27(41)38-16-22-23(17-38)28(22)35-24-9-6-18-15-19(7-8-20(18)24)40-30(21-5-3-12-33-29(21)32)36-25-10-11-26(37-31(25)40)39-14-4-13-34-39/h2-5,7-8,10-15,22-24H,1,6,9,16-17H2,(H2,32,33)/t22-,23+,24?. The van der Waals surface area contributed by atoms with Crippen LogP contribution in [0.1, 0.15) is 23.6 Å². The van der Waals surface area contributed by atoms with E-state index < -0.39 is 0 Å². The van der Waals surface area contributed by atoms with Crippen LogP contribution >= 0.6 is 0 Å². The van der Waals surface area contributed by atoms with E-state index in [9.17, 15) is 4.79 Å². The number of nitrogens with zero attached hydrogens (tertiary/aromatic N) is 8. The number of likely N-dealkylation sites (tertiary alicyclic amines) is 1. The Morgan fingerprint density at radius 1 is 1.07 bits per heavy atom. The zero-order valence-corrected chi connectivity index (χ0v) is 22.3. The highest BCUT2D eigenvalue weighted by Crippen LogP contribution is 2.46. The van der Waals surface area contributed by atoms with Crippen LogP contribution in [-0.4, -0.2) is 58.9 Å². The fraction of sp³-hybridized carbons (Fsp3) is 0.226. The van der Waals surface area contributed by atoms with E-state index >= 15 is 0 Å². The third-order valence-corrected chi connectivity index (χ3v) is 8.50. The molecule has 3 aliphatic rings. The fourth-order valence-electron chi connectivity index (χ4n) is 6.40. The average Bonchev–Trinajstić information content (AvgIpc) is 3.61. The number of anilines is 1. The summed E-state index contributed by atoms with van der Waals surface area (Å²) in [6, 6.07) is 16.2. The number of pyridine rings is 2. The van der Waals surface area contributed by atoms with Gasteiger partial charge in [-0.2, -0.15) is 5.10 Å². The Hall–Kier alpha value is -5.12. The number of nitrogen functional groups attached to an aromatic ring is 1. The molecule has 5 aromatic rings. The van der Waals surface area contributed by atoms with Gasteiger partial charge >= 0.3 is 0 Å². The average molecular weight is 542 g/mol. The van der Waals surface area contributed by atoms with Gasteiger partial charge in [-0.05, 0) is 72.5 Å². The molecule has 1 saturated carbocycles. The molecule has 10 nitrogen and oxygen atoms in total. The molecule has 1 aromatic carbocycles. The van der Waals surface area contributed by atoms with Crippen LogP contribution in [0.2, 0.25) is 0 Å². The largest absolute Gasteiger partial charge is 0.383 e. The number of aliphatic imine (C=N–C) groups is 1. The van der Waals surface area contributed by atoms with Crippen molar-refractivity contribution >= 4 is 28.6 Å². The number of hydrogen-bond acceptors (Lipinski definition) is 7. The maximum absolute atomic E-state index is 12.0. The van der Waals surface area contributed by atoms with Crippen molar-refractivity contribution in [3.8, 4) is 22.9 Å². The molecular formula is C31H27N9O. The van der Waals surface area contributed by atoms with Gasteiger partial charge in [0.25, 0.3) is 0 Å². The molecule has 202 valence electrons. The number of piperidine rings is 1. The molecule has 1 unspecified atom stereocenters. The highest BCUT2D eigenvalue weighted by molar-refractivity contribution is 6.06. The number of fused-ring (bicyclic) bond motifs is 3. The monoisotopic (exact) mass is 541 g/mol. The SMILES string of the molecule is C=CC(=O)N1C[C@@H]2C(=NC3CCc4cc(-n5c(-c6cccnc6N)nc6ccc(-n7cccn7)nc65)ccc43)[C@@H]2C1. The smallest absolute Gasteiger partial charge is 0.245 e. The number of nitrogens with two attached hydrogens (primary N) is 1. The van der Waals surface area contributed by atoms with E-state index in [0.29, 0.717) is 29.3 Å². The summed E-state index contributed by atoms with van der Waals surface area (Å²) in [5.74, 6) is 2.63. The van der Waals surface area contributed by atoms with Crippen LogP contribution in [-0.2, 0) is 11.2 Å². The lowest BCUT2D eigenvalue weighted by Gasteiger charge is -2.16. The summed E-state index contributed by atoms with van der Waals surface area (Å²) in [7, 11) is 0. The quantitative estimate of drug-likeness (QED) is 0.337. The first kappa shape index (κ1) is 23.7. The third-order valence-electron chi connectivity index (χ3n) is 8.50. The Morgan fingerprint density at radius 2 is 1.95 bits per heavy atom. The van der Waals surface area contributed by atoms with E-state index in [1.165, 1.54) is 22.9 Å². The number of carbonyl (C=O) groups is 1. The summed E-state index contributed by atoms with van der Waals surface area (Å²) in [5.41, 5.74) is 13.3. The number of amides is 1. The molecule has 2 aliphatic carbocycles. The summed E-state index contributed by atoms with van der Waals surface area (Å²) < 4.78 is 3.80. The number of rotatable bonds is 5. The van der Waals surface area contributed by atoms with Crippen molar-refractivity contribution in [1.82, 2.24) is 34.2 Å². The van der Waals surface area contributed by atoms with Gasteiger partial charge in [-0.3, -0.25) is 14.4 Å². The summed E-state index contributed by atoms with van der Waals surface area (Å²) in [6.07, 6.45) is 8.61. The molecule has 10 heteroatoms. The second kappa shape index (κ2) is 8.95. The zero-order chi connectivity index (χ0) is 27.7. The number of carbonyl (C=O) groups excluding carboxylic acids is 1. The number of imidazole rings is 1. The van der Waals surface area contributed by atoms with Crippen molar-refractivity contribution in [2.45, 2.75) is 18.9 Å². The first-order valence-electron chi connectivity index (χ1n) is 13.8. The molecule has 1 saturated heterocycles. The summed E-state index contributed by atoms with van der Waals surface area (Å²) in [4.78, 5) is 33.2. The fourth-order valence-corrected chi connectivity index (χ4v) is 6.40. The molecule has 0 spiro atoms. The van der Waals surface area contributed by atoms with Gasteiger partial charge in [0, 0.05) is 54.9 Å². The predicted molar refractivity (Wildman–Crippen MR) is 156 cm³/mol. The minimum atomic E-state index is 0.0148. The van der Waals surface area contributed by atoms with Crippen molar-refractivity contribution < 1.29 is 4.79 Å². The highest BCUT2D eigenvalue weighted by atomic mass is 16.2. The summed E-state index contributed by atoms with van der Waals surface area (Å²) >= 11 is 0. The molecule has 8 rings (SSSR count). The second-order valence-corrected chi connectivity index (χ2v) is 10.8. The number of aryl methyl sites for hydroxylation is 1. The van der Waals surface area contributed by atoms with E-state index in [4.69, 9.17) is 20.7 Å². The topological polar surface area (TPSA) is 120 Å². The molecular weight excluding hydrogens is 514 g/mol. The minimum Gasteiger partial charge on any atom is -0.383 e. The first-order chi connectivity index (χ1) is 20.1. The Morgan fingerprint density at radius 3 is 2.73 bits per heavy atom. The summed E-state index contributed by atoms with van der Waals surface area (Å²) in [5, 5.41) is 4.36. The van der Waals surface area contributed by atoms with Crippen LogP contribution in [0, 0.1) is 11.8 Å². The molecule has 1 aliphatic heterocycles. The van der Waals surface area contributed by atoms with Crippen molar-refractivity contribution in [3.63, 3.8) is 0 Å². The zero-order valence-electron chi connectivity index (χ0n) is 22.3. The van der Waals surface area contributed by atoms with E-state index in [1.807, 2.05) is 41.4 Å². The number of benzene rings is 1. The van der Waals surface area contributed by atoms with Gasteiger partial charge in [0.15, 0.2) is 17.3 Å². The van der Waals surface area contributed by atoms with Gasteiger partial charge in [-0.1, -0.05) is 12.6 Å². The van der Waals surface area contributed by atoms with E-state index in [2.05, 4.69) is 39.4 Å². The lowest BCUT2D eigenvalue weighted by Crippen LogP contribution is -2.29. The first-order valence-corrected chi connectivity index (χ1v) is 13.8. The van der Waals surface area contributed by atoms with Crippen LogP contribution in [0.4, 0.5) is 5.82 Å². The third kappa shape index (κ3) is 3.78. The maximum Gasteiger partial charge on any atom is 0.245 e. The van der Waals surface area contributed by atoms with Gasteiger partial charge in [0.2, 0.25) is 5.91 Å². The molecule has 1 amide bonds. The Balaban J connectivity index is 1.18. The van der Waals surface area contributed by atoms with Gasteiger partial charge < -0.3 is 10.6 Å². The normalized spacial score (nSPS) is 21.8. The second-order valence-electron chi connectivity index (χ2n) is 10.8. The molecule has 2 N–H and O–H groups in total. The van der Waals surface area contributed by atoms with Gasteiger partial charge in [-0.25, -0.2) is 19.6 Å². The van der Waals surface area contributed by atoms with Crippen LogP contribution in [0.25, 0.3) is 34.1 Å². The van der Waals surface area contributed by atoms with Crippen LogP contribution in [0.5, 0.6) is 0 Å². The van der Waals surface area contributed by atoms with Crippen molar-refractivity contribution in [2.24, 2.45) is 16.8 Å². The molecule has 0 bridgehead atoms. The number of hydrogen-bond donors (Lipinski definition) is 1. The van der Waals surface area contributed by atoms with E-state index in [0.717, 1.165) is 48.3 Å². The minimum absolute atomic E-state index is 0.0148. The number of aromatic nitrogens is 6. The van der Waals surface area contributed by atoms with Gasteiger partial charge in [-0.15, -0.1) is 0 Å². The maximum atomic E-state index is 12.0. The highest BCUT2D eigenvalue weighted by Gasteiger charge is 2.53. The molecule has 5 heterocycles. The lowest BCUT2D eigenvalue weighted by atomic mass is 10.1. The molecule has 0 radical (unpaired) electrons. The Labute approximate surface area is 235 Å². The lowest BCUT2D eigenvalue weighted by molar-refractivity contribution is -0.125. The van der Waals surface area contributed by atoms with Gasteiger partial charge in [0.1, 0.15) is 11.3 Å². The van der Waals surface area contributed by atoms with Crippen LogP contribution < -0.4 is 5.73 Å².